The minimum absolute atomic E-state index is 0.0675. The molecule has 0 aliphatic carbocycles. The Morgan fingerprint density at radius 1 is 1.23 bits per heavy atom. The first-order chi connectivity index (χ1) is 14.8. The predicted octanol–water partition coefficient (Wildman–Crippen LogP) is 3.16. The quantitative estimate of drug-likeness (QED) is 0.590. The topological polar surface area (TPSA) is 106 Å². The molecule has 1 aromatic carbocycles. The molecule has 1 aliphatic heterocycles. The summed E-state index contributed by atoms with van der Waals surface area (Å²) in [5, 5.41) is 4.05. The number of carbonyl (C=O) groups excluding carboxylic acids is 1. The van der Waals surface area contributed by atoms with Crippen molar-refractivity contribution in [3.8, 4) is 0 Å². The van der Waals surface area contributed by atoms with Crippen molar-refractivity contribution in [2.24, 2.45) is 12.8 Å². The SMILES string of the molecule is Cc1cc(C(C)Nc2ccc(Cl)nc2C(N)=O)c2nc(N3CCCC3)n(C)c(=O)c2c1. The first-order valence-electron chi connectivity index (χ1n) is 10.3. The largest absolute Gasteiger partial charge is 0.377 e. The number of benzene rings is 1. The summed E-state index contributed by atoms with van der Waals surface area (Å²) in [6.07, 6.45) is 2.18. The molecule has 3 heterocycles. The van der Waals surface area contributed by atoms with Crippen LogP contribution in [0.4, 0.5) is 11.6 Å². The molecule has 1 saturated heterocycles. The highest BCUT2D eigenvalue weighted by molar-refractivity contribution is 6.29. The van der Waals surface area contributed by atoms with Gasteiger partial charge in [-0.2, -0.15) is 0 Å². The van der Waals surface area contributed by atoms with E-state index < -0.39 is 5.91 Å². The number of hydrogen-bond acceptors (Lipinski definition) is 6. The van der Waals surface area contributed by atoms with Crippen LogP contribution in [0.15, 0.2) is 29.1 Å². The van der Waals surface area contributed by atoms with Crippen molar-refractivity contribution in [1.82, 2.24) is 14.5 Å². The van der Waals surface area contributed by atoms with E-state index in [0.29, 0.717) is 22.5 Å². The van der Waals surface area contributed by atoms with Crippen LogP contribution in [0.1, 0.15) is 47.4 Å². The number of pyridine rings is 1. The molecule has 0 saturated carbocycles. The number of amides is 1. The summed E-state index contributed by atoms with van der Waals surface area (Å²) in [6, 6.07) is 6.87. The van der Waals surface area contributed by atoms with Crippen molar-refractivity contribution >= 4 is 40.0 Å². The standard InChI is InChI=1S/C22H25ClN6O2/c1-12-10-14(13(2)25-16-6-7-17(23)26-19(16)20(24)30)18-15(11-12)21(31)28(3)22(27-18)29-8-4-5-9-29/h6-7,10-11,13,25H,4-5,8-9H2,1-3H3,(H2,24,30). The van der Waals surface area contributed by atoms with Gasteiger partial charge in [-0.3, -0.25) is 14.2 Å². The first-order valence-corrected chi connectivity index (χ1v) is 10.6. The lowest BCUT2D eigenvalue weighted by molar-refractivity contribution is 0.0996. The molecule has 1 aliphatic rings. The molecule has 162 valence electrons. The van der Waals surface area contributed by atoms with E-state index in [1.54, 1.807) is 23.7 Å². The Hall–Kier alpha value is -3.13. The van der Waals surface area contributed by atoms with Gasteiger partial charge in [-0.1, -0.05) is 17.7 Å². The summed E-state index contributed by atoms with van der Waals surface area (Å²) < 4.78 is 1.63. The number of aryl methyl sites for hydroxylation is 1. The Morgan fingerprint density at radius 3 is 2.61 bits per heavy atom. The van der Waals surface area contributed by atoms with Crippen molar-refractivity contribution in [3.05, 3.63) is 56.6 Å². The second-order valence-electron chi connectivity index (χ2n) is 7.98. The van der Waals surface area contributed by atoms with Gasteiger partial charge in [0.25, 0.3) is 11.5 Å². The second-order valence-corrected chi connectivity index (χ2v) is 8.37. The molecule has 31 heavy (non-hydrogen) atoms. The number of rotatable bonds is 5. The number of halogens is 1. The van der Waals surface area contributed by atoms with E-state index in [-0.39, 0.29) is 22.4 Å². The van der Waals surface area contributed by atoms with E-state index in [0.717, 1.165) is 37.1 Å². The molecule has 3 aromatic rings. The molecule has 1 fully saturated rings. The van der Waals surface area contributed by atoms with Gasteiger partial charge >= 0.3 is 0 Å². The zero-order chi connectivity index (χ0) is 22.3. The van der Waals surface area contributed by atoms with Gasteiger partial charge in [0, 0.05) is 25.7 Å². The third kappa shape index (κ3) is 3.95. The van der Waals surface area contributed by atoms with Crippen LogP contribution < -0.4 is 21.5 Å². The van der Waals surface area contributed by atoms with Crippen LogP contribution in [0.2, 0.25) is 5.15 Å². The number of hydrogen-bond donors (Lipinski definition) is 2. The molecular weight excluding hydrogens is 416 g/mol. The summed E-state index contributed by atoms with van der Waals surface area (Å²) in [5.74, 6) is 0.00732. The van der Waals surface area contributed by atoms with Crippen molar-refractivity contribution < 1.29 is 4.79 Å². The van der Waals surface area contributed by atoms with Gasteiger partial charge < -0.3 is 16.0 Å². The Balaban J connectivity index is 1.83. The van der Waals surface area contributed by atoms with Crippen LogP contribution in [0, 0.1) is 6.92 Å². The minimum Gasteiger partial charge on any atom is -0.377 e. The number of nitrogens with one attached hydrogen (secondary N) is 1. The lowest BCUT2D eigenvalue weighted by Crippen LogP contribution is -2.30. The smallest absolute Gasteiger partial charge is 0.269 e. The van der Waals surface area contributed by atoms with E-state index in [2.05, 4.69) is 15.2 Å². The molecule has 9 heteroatoms. The number of nitrogens with zero attached hydrogens (tertiary/aromatic N) is 4. The normalized spacial score (nSPS) is 14.8. The van der Waals surface area contributed by atoms with Crippen LogP contribution in [0.3, 0.4) is 0 Å². The Kier molecular flexibility index (Phi) is 5.58. The van der Waals surface area contributed by atoms with Gasteiger partial charge in [0.05, 0.1) is 22.6 Å². The maximum atomic E-state index is 13.2. The van der Waals surface area contributed by atoms with Crippen LogP contribution in [-0.4, -0.2) is 33.5 Å². The van der Waals surface area contributed by atoms with E-state index in [1.165, 1.54) is 0 Å². The van der Waals surface area contributed by atoms with E-state index in [1.807, 2.05) is 26.0 Å². The predicted molar refractivity (Wildman–Crippen MR) is 123 cm³/mol. The van der Waals surface area contributed by atoms with Crippen LogP contribution in [0.25, 0.3) is 10.9 Å². The molecule has 2 aromatic heterocycles. The third-order valence-electron chi connectivity index (χ3n) is 5.65. The number of nitrogens with two attached hydrogens (primary N) is 1. The number of primary amides is 1. The third-order valence-corrected chi connectivity index (χ3v) is 5.86. The molecule has 8 nitrogen and oxygen atoms in total. The van der Waals surface area contributed by atoms with Gasteiger partial charge in [-0.25, -0.2) is 9.97 Å². The number of fused-ring (bicyclic) bond motifs is 1. The zero-order valence-electron chi connectivity index (χ0n) is 17.8. The van der Waals surface area contributed by atoms with E-state index in [4.69, 9.17) is 22.3 Å². The second kappa shape index (κ2) is 8.19. The average molecular weight is 441 g/mol. The van der Waals surface area contributed by atoms with E-state index in [9.17, 15) is 9.59 Å². The van der Waals surface area contributed by atoms with Crippen molar-refractivity contribution in [2.45, 2.75) is 32.7 Å². The number of anilines is 2. The molecule has 4 rings (SSSR count). The van der Waals surface area contributed by atoms with Gasteiger partial charge in [-0.05, 0) is 50.5 Å². The van der Waals surface area contributed by atoms with Crippen molar-refractivity contribution in [2.75, 3.05) is 23.3 Å². The fourth-order valence-electron chi connectivity index (χ4n) is 4.12. The molecule has 0 bridgehead atoms. The summed E-state index contributed by atoms with van der Waals surface area (Å²) in [7, 11) is 1.77. The Bertz CT molecular complexity index is 1230. The van der Waals surface area contributed by atoms with Crippen LogP contribution in [-0.2, 0) is 7.05 Å². The highest BCUT2D eigenvalue weighted by atomic mass is 35.5. The van der Waals surface area contributed by atoms with E-state index >= 15 is 0 Å². The number of aromatic nitrogens is 3. The van der Waals surface area contributed by atoms with Crippen molar-refractivity contribution in [3.63, 3.8) is 0 Å². The summed E-state index contributed by atoms with van der Waals surface area (Å²) in [4.78, 5) is 36.1. The average Bonchev–Trinajstić information content (AvgIpc) is 3.26. The van der Waals surface area contributed by atoms with Crippen LogP contribution in [0.5, 0.6) is 0 Å². The lowest BCUT2D eigenvalue weighted by atomic mass is 10.0. The van der Waals surface area contributed by atoms with Crippen molar-refractivity contribution in [1.29, 1.82) is 0 Å². The molecule has 0 spiro atoms. The molecule has 0 radical (unpaired) electrons. The molecule has 1 unspecified atom stereocenters. The Morgan fingerprint density at radius 2 is 1.94 bits per heavy atom. The lowest BCUT2D eigenvalue weighted by Gasteiger charge is -2.23. The summed E-state index contributed by atoms with van der Waals surface area (Å²) in [6.45, 7) is 5.67. The summed E-state index contributed by atoms with van der Waals surface area (Å²) in [5.41, 5.74) is 8.41. The zero-order valence-corrected chi connectivity index (χ0v) is 18.5. The highest BCUT2D eigenvalue weighted by Crippen LogP contribution is 2.29. The first kappa shape index (κ1) is 21.1. The van der Waals surface area contributed by atoms with Gasteiger partial charge in [0.1, 0.15) is 5.15 Å². The molecular formula is C22H25ClN6O2. The summed E-state index contributed by atoms with van der Waals surface area (Å²) >= 11 is 5.93. The van der Waals surface area contributed by atoms with Gasteiger partial charge in [0.15, 0.2) is 5.69 Å². The fourth-order valence-corrected chi connectivity index (χ4v) is 4.27. The monoisotopic (exact) mass is 440 g/mol. The molecule has 3 N–H and O–H groups in total. The number of carbonyl (C=O) groups is 1. The fraction of sp³-hybridized carbons (Fsp3) is 0.364. The molecule has 1 amide bonds. The maximum absolute atomic E-state index is 13.2. The molecule has 1 atom stereocenters. The highest BCUT2D eigenvalue weighted by Gasteiger charge is 2.22. The van der Waals surface area contributed by atoms with Gasteiger partial charge in [-0.15, -0.1) is 0 Å². The minimum atomic E-state index is -0.672. The maximum Gasteiger partial charge on any atom is 0.269 e. The van der Waals surface area contributed by atoms with Crippen LogP contribution >= 0.6 is 11.6 Å². The van der Waals surface area contributed by atoms with Gasteiger partial charge in [0.2, 0.25) is 5.95 Å². The Labute approximate surface area is 185 Å².